The number of aromatic nitrogens is 1. The lowest BCUT2D eigenvalue weighted by Gasteiger charge is -2.18. The Hall–Kier alpha value is -4.72. The molecule has 0 radical (unpaired) electrons. The summed E-state index contributed by atoms with van der Waals surface area (Å²) in [6.07, 6.45) is 1.35. The Morgan fingerprint density at radius 1 is 0.973 bits per heavy atom. The number of H-pyrrole nitrogens is 1. The number of amides is 3. The maximum absolute atomic E-state index is 13.7. The van der Waals surface area contributed by atoms with Gasteiger partial charge in [0.25, 0.3) is 0 Å². The highest BCUT2D eigenvalue weighted by Crippen LogP contribution is 2.29. The van der Waals surface area contributed by atoms with Gasteiger partial charge in [0.05, 0.1) is 18.7 Å². The molecule has 2 N–H and O–H groups in total. The number of aryl methyl sites for hydroxylation is 1. The van der Waals surface area contributed by atoms with Gasteiger partial charge in [-0.1, -0.05) is 67.6 Å². The van der Waals surface area contributed by atoms with Gasteiger partial charge < -0.3 is 15.0 Å². The number of hydrogen-bond acceptors (Lipinski definition) is 5. The van der Waals surface area contributed by atoms with E-state index in [0.29, 0.717) is 16.7 Å². The van der Waals surface area contributed by atoms with Gasteiger partial charge in [0.1, 0.15) is 0 Å². The van der Waals surface area contributed by atoms with E-state index in [1.54, 1.807) is 54.7 Å². The summed E-state index contributed by atoms with van der Waals surface area (Å²) in [7, 11) is 0. The number of esters is 1. The van der Waals surface area contributed by atoms with Gasteiger partial charge in [-0.2, -0.15) is 0 Å². The third-order valence-corrected chi connectivity index (χ3v) is 6.48. The van der Waals surface area contributed by atoms with Crippen molar-refractivity contribution in [2.45, 2.75) is 26.0 Å². The van der Waals surface area contributed by atoms with E-state index in [1.165, 1.54) is 0 Å². The molecule has 3 amide bonds. The number of nitrogens with zero attached hydrogens (tertiary/aromatic N) is 1. The molecule has 1 unspecified atom stereocenters. The number of aromatic amines is 1. The number of hydrogen-bond donors (Lipinski definition) is 2. The number of ketones is 1. The highest BCUT2D eigenvalue weighted by atomic mass is 16.5. The number of carbonyl (C=O) groups excluding carboxylic acids is 4. The Morgan fingerprint density at radius 3 is 2.41 bits per heavy atom. The van der Waals surface area contributed by atoms with E-state index in [4.69, 9.17) is 4.74 Å². The first kappa shape index (κ1) is 24.0. The van der Waals surface area contributed by atoms with E-state index in [2.05, 4.69) is 17.2 Å². The normalized spacial score (nSPS) is 14.0. The molecule has 8 nitrogen and oxygen atoms in total. The number of ether oxygens (including phenoxy) is 1. The minimum Gasteiger partial charge on any atom is -0.445 e. The highest BCUT2D eigenvalue weighted by Gasteiger charge is 2.30. The summed E-state index contributed by atoms with van der Waals surface area (Å²) in [5.41, 5.74) is 3.95. The van der Waals surface area contributed by atoms with Crippen LogP contribution >= 0.6 is 0 Å². The topological polar surface area (TPSA) is 109 Å². The number of imide groups is 1. The molecular weight excluding hydrogens is 470 g/mol. The summed E-state index contributed by atoms with van der Waals surface area (Å²) >= 11 is 0. The third-order valence-electron chi connectivity index (χ3n) is 6.48. The summed E-state index contributed by atoms with van der Waals surface area (Å²) in [6.45, 7) is 2.13. The molecule has 1 saturated heterocycles. The second-order valence-corrected chi connectivity index (χ2v) is 8.79. The summed E-state index contributed by atoms with van der Waals surface area (Å²) in [5.74, 6) is -1.28. The van der Waals surface area contributed by atoms with E-state index < -0.39 is 18.1 Å². The molecule has 5 rings (SSSR count). The molecule has 0 spiro atoms. The second kappa shape index (κ2) is 10.1. The molecule has 1 atom stereocenters. The molecule has 1 fully saturated rings. The van der Waals surface area contributed by atoms with Gasteiger partial charge in [0.2, 0.25) is 11.7 Å². The van der Waals surface area contributed by atoms with Crippen molar-refractivity contribution in [2.75, 3.05) is 6.54 Å². The Balaban J connectivity index is 1.39. The van der Waals surface area contributed by atoms with Crippen molar-refractivity contribution in [3.8, 4) is 0 Å². The molecular formula is C29H25N3O5. The van der Waals surface area contributed by atoms with E-state index in [9.17, 15) is 19.2 Å². The van der Waals surface area contributed by atoms with Crippen molar-refractivity contribution in [2.24, 2.45) is 0 Å². The molecule has 2 heterocycles. The second-order valence-electron chi connectivity index (χ2n) is 8.79. The third kappa shape index (κ3) is 4.73. The molecule has 1 aromatic heterocycles. The van der Waals surface area contributed by atoms with Crippen molar-refractivity contribution in [1.82, 2.24) is 15.2 Å². The number of Topliss-reactive ketones (excluding diaryl/α,β-unsaturated/α-hetero) is 1. The fourth-order valence-electron chi connectivity index (χ4n) is 4.48. The minimum absolute atomic E-state index is 0.0195. The standard InChI is InChI=1S/C29H25N3O5/c1-2-19-9-6-10-22-23(15-30-25(19)22)26(34)27(20-7-4-3-5-8-20)37-28(35)21-13-11-18(12-14-21)17-32-24(33)16-31-29(32)36/h3-15,27,30H,2,16-17H2,1H3,(H,31,36). The highest BCUT2D eigenvalue weighted by molar-refractivity contribution is 6.11. The number of benzene rings is 3. The molecule has 0 saturated carbocycles. The Kier molecular flexibility index (Phi) is 6.55. The van der Waals surface area contributed by atoms with E-state index in [0.717, 1.165) is 27.8 Å². The van der Waals surface area contributed by atoms with Crippen LogP contribution in [0.3, 0.4) is 0 Å². The average molecular weight is 496 g/mol. The van der Waals surface area contributed by atoms with Crippen molar-refractivity contribution in [1.29, 1.82) is 0 Å². The van der Waals surface area contributed by atoms with Gasteiger partial charge in [0, 0.05) is 28.2 Å². The van der Waals surface area contributed by atoms with Crippen LogP contribution in [0, 0.1) is 0 Å². The average Bonchev–Trinajstić information content (AvgIpc) is 3.51. The van der Waals surface area contributed by atoms with Crippen LogP contribution in [0.4, 0.5) is 4.79 Å². The van der Waals surface area contributed by atoms with Gasteiger partial charge in [-0.15, -0.1) is 0 Å². The van der Waals surface area contributed by atoms with Crippen molar-refractivity contribution in [3.63, 3.8) is 0 Å². The monoisotopic (exact) mass is 495 g/mol. The Bertz CT molecular complexity index is 1480. The predicted octanol–water partition coefficient (Wildman–Crippen LogP) is 4.56. The van der Waals surface area contributed by atoms with Gasteiger partial charge in [0.15, 0.2) is 6.10 Å². The first-order valence-electron chi connectivity index (χ1n) is 12.0. The molecule has 37 heavy (non-hydrogen) atoms. The molecule has 4 aromatic rings. The molecule has 3 aromatic carbocycles. The summed E-state index contributed by atoms with van der Waals surface area (Å²) in [4.78, 5) is 54.8. The fourth-order valence-corrected chi connectivity index (χ4v) is 4.48. The minimum atomic E-state index is -1.14. The maximum atomic E-state index is 13.7. The summed E-state index contributed by atoms with van der Waals surface area (Å²) < 4.78 is 5.79. The van der Waals surface area contributed by atoms with E-state index in [-0.39, 0.29) is 30.3 Å². The quantitative estimate of drug-likeness (QED) is 0.212. The molecule has 0 bridgehead atoms. The van der Waals surface area contributed by atoms with Crippen LogP contribution in [-0.4, -0.2) is 40.1 Å². The molecule has 1 aliphatic rings. The lowest BCUT2D eigenvalue weighted by Crippen LogP contribution is -2.30. The molecule has 8 heteroatoms. The first-order chi connectivity index (χ1) is 18.0. The van der Waals surface area contributed by atoms with Crippen LogP contribution in [0.25, 0.3) is 10.9 Å². The van der Waals surface area contributed by atoms with Crippen LogP contribution in [0.2, 0.25) is 0 Å². The van der Waals surface area contributed by atoms with Crippen molar-refractivity contribution >= 4 is 34.6 Å². The zero-order chi connectivity index (χ0) is 25.9. The van der Waals surface area contributed by atoms with Crippen LogP contribution in [0.5, 0.6) is 0 Å². The number of urea groups is 1. The molecule has 0 aliphatic carbocycles. The number of para-hydroxylation sites is 1. The van der Waals surface area contributed by atoms with Gasteiger partial charge in [-0.3, -0.25) is 14.5 Å². The Labute approximate surface area is 213 Å². The number of rotatable bonds is 8. The zero-order valence-corrected chi connectivity index (χ0v) is 20.2. The van der Waals surface area contributed by atoms with Gasteiger partial charge in [-0.05, 0) is 29.7 Å². The summed E-state index contributed by atoms with van der Waals surface area (Å²) in [6, 6.07) is 20.7. The maximum Gasteiger partial charge on any atom is 0.339 e. The number of fused-ring (bicyclic) bond motifs is 1. The van der Waals surface area contributed by atoms with Crippen molar-refractivity contribution < 1.29 is 23.9 Å². The Morgan fingerprint density at radius 2 is 1.73 bits per heavy atom. The largest absolute Gasteiger partial charge is 0.445 e. The summed E-state index contributed by atoms with van der Waals surface area (Å²) in [5, 5.41) is 3.26. The lowest BCUT2D eigenvalue weighted by molar-refractivity contribution is -0.125. The zero-order valence-electron chi connectivity index (χ0n) is 20.2. The molecule has 186 valence electrons. The van der Waals surface area contributed by atoms with Crippen LogP contribution < -0.4 is 5.32 Å². The van der Waals surface area contributed by atoms with E-state index in [1.807, 2.05) is 24.3 Å². The van der Waals surface area contributed by atoms with Crippen LogP contribution in [0.1, 0.15) is 50.4 Å². The lowest BCUT2D eigenvalue weighted by atomic mass is 9.98. The van der Waals surface area contributed by atoms with Crippen LogP contribution in [-0.2, 0) is 22.5 Å². The number of carbonyl (C=O) groups is 4. The smallest absolute Gasteiger partial charge is 0.339 e. The van der Waals surface area contributed by atoms with Crippen LogP contribution in [0.15, 0.2) is 79.0 Å². The first-order valence-corrected chi connectivity index (χ1v) is 12.0. The number of nitrogens with one attached hydrogen (secondary N) is 2. The van der Waals surface area contributed by atoms with Crippen molar-refractivity contribution in [3.05, 3.63) is 107 Å². The van der Waals surface area contributed by atoms with E-state index >= 15 is 0 Å². The van der Waals surface area contributed by atoms with Gasteiger partial charge in [-0.25, -0.2) is 9.59 Å². The molecule has 1 aliphatic heterocycles. The SMILES string of the molecule is CCc1cccc2c(C(=O)C(OC(=O)c3ccc(CN4C(=O)CNC4=O)cc3)c3ccccc3)c[nH]c12. The fraction of sp³-hybridized carbons (Fsp3) is 0.172. The predicted molar refractivity (Wildman–Crippen MR) is 137 cm³/mol. The van der Waals surface area contributed by atoms with Gasteiger partial charge >= 0.3 is 12.0 Å².